The summed E-state index contributed by atoms with van der Waals surface area (Å²) in [5.74, 6) is 0.734. The van der Waals surface area contributed by atoms with Crippen molar-refractivity contribution in [2.45, 2.75) is 24.3 Å². The van der Waals surface area contributed by atoms with Crippen LogP contribution in [0.1, 0.15) is 39.7 Å². The van der Waals surface area contributed by atoms with Crippen LogP contribution in [0.5, 0.6) is 0 Å². The summed E-state index contributed by atoms with van der Waals surface area (Å²) >= 11 is 1.45. The van der Waals surface area contributed by atoms with Crippen molar-refractivity contribution in [1.29, 1.82) is 5.26 Å². The Morgan fingerprint density at radius 1 is 1.37 bits per heavy atom. The van der Waals surface area contributed by atoms with E-state index in [0.29, 0.717) is 28.7 Å². The summed E-state index contributed by atoms with van der Waals surface area (Å²) in [5.41, 5.74) is 1.17. The van der Waals surface area contributed by atoms with Gasteiger partial charge in [0.15, 0.2) is 0 Å². The molecular formula is C20H16FN3O2S. The van der Waals surface area contributed by atoms with Gasteiger partial charge in [0.05, 0.1) is 6.04 Å². The molecule has 136 valence electrons. The van der Waals surface area contributed by atoms with Gasteiger partial charge in [0.25, 0.3) is 5.91 Å². The summed E-state index contributed by atoms with van der Waals surface area (Å²) in [7, 11) is 0. The Kier molecular flexibility index (Phi) is 4.50. The van der Waals surface area contributed by atoms with Crippen LogP contribution in [0.3, 0.4) is 0 Å². The first kappa shape index (κ1) is 17.4. The molecule has 0 bridgehead atoms. The van der Waals surface area contributed by atoms with Crippen molar-refractivity contribution in [3.05, 3.63) is 71.0 Å². The van der Waals surface area contributed by atoms with Gasteiger partial charge < -0.3 is 9.73 Å². The summed E-state index contributed by atoms with van der Waals surface area (Å²) < 4.78 is 21.4. The van der Waals surface area contributed by atoms with Crippen LogP contribution in [-0.2, 0) is 0 Å². The summed E-state index contributed by atoms with van der Waals surface area (Å²) in [5, 5.41) is 12.6. The summed E-state index contributed by atoms with van der Waals surface area (Å²) in [4.78, 5) is 13.5. The average Bonchev–Trinajstić information content (AvgIpc) is 3.29. The summed E-state index contributed by atoms with van der Waals surface area (Å²) in [6.45, 7) is 1.66. The first-order valence-electron chi connectivity index (χ1n) is 8.49. The highest BCUT2D eigenvalue weighted by molar-refractivity contribution is 7.99. The smallest absolute Gasteiger partial charge is 0.256 e. The number of carbonyl (C=O) groups is 1. The minimum absolute atomic E-state index is 0.186. The lowest BCUT2D eigenvalue weighted by atomic mass is 10.0. The van der Waals surface area contributed by atoms with Gasteiger partial charge in [-0.15, -0.1) is 11.8 Å². The fourth-order valence-corrected chi connectivity index (χ4v) is 4.47. The number of nitrogens with one attached hydrogen (secondary N) is 1. The van der Waals surface area contributed by atoms with Crippen molar-refractivity contribution < 1.29 is 13.6 Å². The van der Waals surface area contributed by atoms with E-state index in [-0.39, 0.29) is 23.0 Å². The third-order valence-corrected chi connectivity index (χ3v) is 5.73. The highest BCUT2D eigenvalue weighted by Gasteiger charge is 2.29. The summed E-state index contributed by atoms with van der Waals surface area (Å²) in [6, 6.07) is 10.3. The number of aryl methyl sites for hydroxylation is 1. The van der Waals surface area contributed by atoms with E-state index in [2.05, 4.69) is 11.4 Å². The molecule has 5 nitrogen and oxygen atoms in total. The number of nitriles is 1. The van der Waals surface area contributed by atoms with Gasteiger partial charge >= 0.3 is 0 Å². The molecule has 3 aromatic rings. The Hall–Kier alpha value is -2.98. The van der Waals surface area contributed by atoms with Crippen LogP contribution in [0, 0.1) is 24.1 Å². The Labute approximate surface area is 159 Å². The number of halogens is 1. The van der Waals surface area contributed by atoms with Gasteiger partial charge in [-0.25, -0.2) is 4.39 Å². The van der Waals surface area contributed by atoms with Crippen molar-refractivity contribution in [3.8, 4) is 12.0 Å². The van der Waals surface area contributed by atoms with Gasteiger partial charge in [-0.1, -0.05) is 12.1 Å². The third-order valence-electron chi connectivity index (χ3n) is 4.57. The molecule has 0 saturated carbocycles. The Morgan fingerprint density at radius 3 is 2.89 bits per heavy atom. The van der Waals surface area contributed by atoms with E-state index >= 15 is 0 Å². The highest BCUT2D eigenvalue weighted by Crippen LogP contribution is 2.38. The number of amides is 1. The van der Waals surface area contributed by atoms with Gasteiger partial charge in [0.2, 0.25) is 5.88 Å². The third kappa shape index (κ3) is 3.02. The maximum atomic E-state index is 14.1. The monoisotopic (exact) mass is 381 g/mol. The fraction of sp³-hybridized carbons (Fsp3) is 0.200. The fourth-order valence-electron chi connectivity index (χ4n) is 3.33. The zero-order chi connectivity index (χ0) is 19.0. The molecule has 4 rings (SSSR count). The zero-order valence-corrected chi connectivity index (χ0v) is 15.3. The number of aromatic nitrogens is 1. The van der Waals surface area contributed by atoms with Crippen molar-refractivity contribution in [2.24, 2.45) is 0 Å². The molecule has 0 radical (unpaired) electrons. The molecule has 1 aliphatic rings. The normalized spacial score (nSPS) is 15.8. The molecule has 0 saturated heterocycles. The molecule has 7 heteroatoms. The lowest BCUT2D eigenvalue weighted by Crippen LogP contribution is -2.31. The quantitative estimate of drug-likeness (QED) is 0.732. The van der Waals surface area contributed by atoms with E-state index in [4.69, 9.17) is 4.42 Å². The first-order chi connectivity index (χ1) is 13.1. The Morgan fingerprint density at radius 2 is 2.15 bits per heavy atom. The van der Waals surface area contributed by atoms with Crippen molar-refractivity contribution in [2.75, 3.05) is 5.75 Å². The number of carbonyl (C=O) groups excluding carboxylic acids is 1. The number of nitrogens with zero attached hydrogens (tertiary/aromatic N) is 2. The number of thioether (sulfide) groups is 1. The van der Waals surface area contributed by atoms with Crippen LogP contribution >= 0.6 is 11.8 Å². The predicted molar refractivity (Wildman–Crippen MR) is 99.4 cm³/mol. The predicted octanol–water partition coefficient (Wildman–Crippen LogP) is 4.36. The van der Waals surface area contributed by atoms with E-state index < -0.39 is 5.91 Å². The lowest BCUT2D eigenvalue weighted by Gasteiger charge is -2.26. The molecule has 1 aliphatic heterocycles. The standard InChI is InChI=1S/C20H16FN3O2S/c1-12-17(14(11-22)20(26-12)24-8-2-3-9-24)19(25)23-16-7-10-27-18-13(16)5-4-6-15(18)21/h2-6,8-9,16H,7,10H2,1H3,(H,23,25). The molecule has 0 aliphatic carbocycles. The minimum Gasteiger partial charge on any atom is -0.443 e. The molecule has 1 amide bonds. The Balaban J connectivity index is 1.68. The SMILES string of the molecule is Cc1oc(-n2cccc2)c(C#N)c1C(=O)NC1CCSc2c(F)cccc21. The number of benzene rings is 1. The molecular weight excluding hydrogens is 365 g/mol. The molecule has 1 unspecified atom stereocenters. The second-order valence-electron chi connectivity index (χ2n) is 6.24. The van der Waals surface area contributed by atoms with Gasteiger partial charge in [0.1, 0.15) is 28.8 Å². The van der Waals surface area contributed by atoms with Gasteiger partial charge in [-0.05, 0) is 37.1 Å². The first-order valence-corrected chi connectivity index (χ1v) is 9.47. The Bertz CT molecular complexity index is 1050. The van der Waals surface area contributed by atoms with Gasteiger partial charge in [-0.2, -0.15) is 5.26 Å². The summed E-state index contributed by atoms with van der Waals surface area (Å²) in [6.07, 6.45) is 4.19. The molecule has 1 atom stereocenters. The van der Waals surface area contributed by atoms with Crippen LogP contribution in [0.4, 0.5) is 4.39 Å². The van der Waals surface area contributed by atoms with Crippen molar-refractivity contribution >= 4 is 17.7 Å². The molecule has 0 fully saturated rings. The van der Waals surface area contributed by atoms with E-state index in [1.54, 1.807) is 30.0 Å². The second-order valence-corrected chi connectivity index (χ2v) is 7.34. The van der Waals surface area contributed by atoms with Crippen molar-refractivity contribution in [1.82, 2.24) is 9.88 Å². The van der Waals surface area contributed by atoms with E-state index in [1.807, 2.05) is 18.2 Å². The number of furan rings is 1. The number of hydrogen-bond acceptors (Lipinski definition) is 4. The molecule has 3 heterocycles. The van der Waals surface area contributed by atoms with Crippen LogP contribution in [-0.4, -0.2) is 16.2 Å². The molecule has 27 heavy (non-hydrogen) atoms. The lowest BCUT2D eigenvalue weighted by molar-refractivity contribution is 0.0933. The van der Waals surface area contributed by atoms with Gasteiger partial charge in [-0.3, -0.25) is 9.36 Å². The topological polar surface area (TPSA) is 71.0 Å². The van der Waals surface area contributed by atoms with Gasteiger partial charge in [0, 0.05) is 23.0 Å². The number of hydrogen-bond donors (Lipinski definition) is 1. The highest BCUT2D eigenvalue weighted by atomic mass is 32.2. The molecule has 0 spiro atoms. The molecule has 2 aromatic heterocycles. The largest absolute Gasteiger partial charge is 0.443 e. The van der Waals surface area contributed by atoms with Crippen LogP contribution < -0.4 is 5.32 Å². The minimum atomic E-state index is -0.390. The van der Waals surface area contributed by atoms with Crippen LogP contribution in [0.2, 0.25) is 0 Å². The van der Waals surface area contributed by atoms with Crippen LogP contribution in [0.15, 0.2) is 52.0 Å². The maximum absolute atomic E-state index is 14.1. The van der Waals surface area contributed by atoms with Crippen LogP contribution in [0.25, 0.3) is 5.88 Å². The number of fused-ring (bicyclic) bond motifs is 1. The van der Waals surface area contributed by atoms with E-state index in [9.17, 15) is 14.4 Å². The average molecular weight is 381 g/mol. The van der Waals surface area contributed by atoms with Crippen molar-refractivity contribution in [3.63, 3.8) is 0 Å². The maximum Gasteiger partial charge on any atom is 0.256 e. The zero-order valence-electron chi connectivity index (χ0n) is 14.5. The van der Waals surface area contributed by atoms with E-state index in [1.165, 1.54) is 17.8 Å². The molecule has 1 N–H and O–H groups in total. The number of rotatable bonds is 3. The second kappa shape index (κ2) is 6.97. The molecule has 1 aromatic carbocycles. The van der Waals surface area contributed by atoms with E-state index in [0.717, 1.165) is 5.56 Å².